The van der Waals surface area contributed by atoms with Crippen LogP contribution < -0.4 is 5.32 Å². The van der Waals surface area contributed by atoms with Crippen LogP contribution in [0.2, 0.25) is 10.0 Å². The van der Waals surface area contributed by atoms with E-state index < -0.39 is 5.91 Å². The van der Waals surface area contributed by atoms with Crippen molar-refractivity contribution in [2.24, 2.45) is 0 Å². The largest absolute Gasteiger partial charge is 0.457 e. The molecule has 0 fully saturated rings. The summed E-state index contributed by atoms with van der Waals surface area (Å²) in [6.45, 7) is 2.15. The number of carbonyl (C=O) groups is 1. The summed E-state index contributed by atoms with van der Waals surface area (Å²) in [7, 11) is 0. The summed E-state index contributed by atoms with van der Waals surface area (Å²) in [4.78, 5) is 12.5. The lowest BCUT2D eigenvalue weighted by Gasteiger charge is -2.06. The molecule has 30 heavy (non-hydrogen) atoms. The monoisotopic (exact) mass is 438 g/mol. The molecule has 1 N–H and O–H groups in total. The number of anilines is 1. The Kier molecular flexibility index (Phi) is 7.35. The van der Waals surface area contributed by atoms with E-state index in [4.69, 9.17) is 27.6 Å². The second-order valence-electron chi connectivity index (χ2n) is 6.76. The van der Waals surface area contributed by atoms with E-state index in [9.17, 15) is 10.1 Å². The predicted octanol–water partition coefficient (Wildman–Crippen LogP) is 7.14. The molecule has 4 nitrogen and oxygen atoms in total. The fraction of sp³-hybridized carbons (Fsp3) is 0.167. The second-order valence-corrected chi connectivity index (χ2v) is 7.57. The van der Waals surface area contributed by atoms with E-state index in [1.807, 2.05) is 30.3 Å². The van der Waals surface area contributed by atoms with Crippen LogP contribution in [0.3, 0.4) is 0 Å². The maximum atomic E-state index is 12.5. The third-order valence-corrected chi connectivity index (χ3v) is 5.25. The zero-order chi connectivity index (χ0) is 21.5. The molecular weight excluding hydrogens is 419 g/mol. The molecule has 152 valence electrons. The third kappa shape index (κ3) is 5.54. The Morgan fingerprint density at radius 3 is 2.53 bits per heavy atom. The average molecular weight is 439 g/mol. The Morgan fingerprint density at radius 1 is 1.10 bits per heavy atom. The maximum absolute atomic E-state index is 12.5. The summed E-state index contributed by atoms with van der Waals surface area (Å²) in [6, 6.07) is 18.2. The standard InChI is InChI=1S/C24H20Cl2N2O2/c1-2-3-4-16-5-8-19(9-6-16)28-24(29)18(15-27)13-20-10-12-23(30-20)17-7-11-21(25)22(26)14-17/h5-14H,2-4H2,1H3,(H,28,29)/b18-13+. The van der Waals surface area contributed by atoms with E-state index in [2.05, 4.69) is 12.2 Å². The van der Waals surface area contributed by atoms with Gasteiger partial charge in [-0.3, -0.25) is 4.79 Å². The average Bonchev–Trinajstić information content (AvgIpc) is 3.22. The smallest absolute Gasteiger partial charge is 0.266 e. The van der Waals surface area contributed by atoms with Crippen LogP contribution in [0.5, 0.6) is 0 Å². The molecule has 1 heterocycles. The number of hydrogen-bond acceptors (Lipinski definition) is 3. The van der Waals surface area contributed by atoms with Crippen LogP contribution in [-0.4, -0.2) is 5.91 Å². The van der Waals surface area contributed by atoms with Crippen molar-refractivity contribution in [2.75, 3.05) is 5.32 Å². The van der Waals surface area contributed by atoms with E-state index in [0.29, 0.717) is 27.3 Å². The van der Waals surface area contributed by atoms with Crippen molar-refractivity contribution in [1.82, 2.24) is 0 Å². The van der Waals surface area contributed by atoms with Crippen LogP contribution in [-0.2, 0) is 11.2 Å². The lowest BCUT2D eigenvalue weighted by molar-refractivity contribution is -0.112. The van der Waals surface area contributed by atoms with Crippen LogP contribution in [0.4, 0.5) is 5.69 Å². The van der Waals surface area contributed by atoms with Crippen molar-refractivity contribution in [2.45, 2.75) is 26.2 Å². The number of amides is 1. The number of unbranched alkanes of at least 4 members (excludes halogenated alkanes) is 1. The number of nitrogens with zero attached hydrogens (tertiary/aromatic N) is 1. The van der Waals surface area contributed by atoms with Crippen LogP contribution in [0.1, 0.15) is 31.1 Å². The molecule has 0 radical (unpaired) electrons. The first kappa shape index (κ1) is 21.7. The zero-order valence-corrected chi connectivity index (χ0v) is 17.9. The van der Waals surface area contributed by atoms with Crippen molar-refractivity contribution in [3.05, 3.63) is 81.5 Å². The molecule has 1 amide bonds. The van der Waals surface area contributed by atoms with E-state index in [1.54, 1.807) is 30.3 Å². The molecule has 0 atom stereocenters. The summed E-state index contributed by atoms with van der Waals surface area (Å²) in [5.41, 5.74) is 2.55. The lowest BCUT2D eigenvalue weighted by atomic mass is 10.1. The first-order valence-corrected chi connectivity index (χ1v) is 10.3. The van der Waals surface area contributed by atoms with Crippen molar-refractivity contribution in [1.29, 1.82) is 5.26 Å². The number of halogens is 2. The molecule has 0 spiro atoms. The molecule has 1 aromatic heterocycles. The zero-order valence-electron chi connectivity index (χ0n) is 16.4. The number of nitrogens with one attached hydrogen (secondary N) is 1. The van der Waals surface area contributed by atoms with E-state index in [1.165, 1.54) is 11.6 Å². The van der Waals surface area contributed by atoms with Gasteiger partial charge in [0.15, 0.2) is 0 Å². The fourth-order valence-corrected chi connectivity index (χ4v) is 3.16. The highest BCUT2D eigenvalue weighted by Gasteiger charge is 2.12. The molecule has 0 aliphatic heterocycles. The summed E-state index contributed by atoms with van der Waals surface area (Å²) in [5, 5.41) is 13.0. The number of nitriles is 1. The second kappa shape index (κ2) is 10.2. The number of aryl methyl sites for hydroxylation is 1. The highest BCUT2D eigenvalue weighted by molar-refractivity contribution is 6.42. The van der Waals surface area contributed by atoms with Gasteiger partial charge < -0.3 is 9.73 Å². The van der Waals surface area contributed by atoms with Gasteiger partial charge in [-0.05, 0) is 60.9 Å². The minimum absolute atomic E-state index is 0.0555. The fourth-order valence-electron chi connectivity index (χ4n) is 2.86. The van der Waals surface area contributed by atoms with Gasteiger partial charge in [0.05, 0.1) is 10.0 Å². The first-order valence-electron chi connectivity index (χ1n) is 9.57. The number of carbonyl (C=O) groups excluding carboxylic acids is 1. The van der Waals surface area contributed by atoms with Gasteiger partial charge in [-0.1, -0.05) is 48.7 Å². The molecule has 0 saturated carbocycles. The van der Waals surface area contributed by atoms with Crippen LogP contribution in [0, 0.1) is 11.3 Å². The molecule has 0 unspecified atom stereocenters. The van der Waals surface area contributed by atoms with Crippen LogP contribution in [0.15, 0.2) is 64.6 Å². The van der Waals surface area contributed by atoms with Gasteiger partial charge in [0, 0.05) is 17.3 Å². The molecule has 6 heteroatoms. The van der Waals surface area contributed by atoms with Crippen molar-refractivity contribution >= 4 is 40.9 Å². The van der Waals surface area contributed by atoms with Gasteiger partial charge in [-0.15, -0.1) is 0 Å². The normalized spacial score (nSPS) is 11.2. The molecule has 0 aliphatic carbocycles. The van der Waals surface area contributed by atoms with Crippen LogP contribution in [0.25, 0.3) is 17.4 Å². The Bertz CT molecular complexity index is 1110. The minimum atomic E-state index is -0.494. The maximum Gasteiger partial charge on any atom is 0.266 e. The molecule has 3 rings (SSSR count). The van der Waals surface area contributed by atoms with E-state index in [-0.39, 0.29) is 5.57 Å². The lowest BCUT2D eigenvalue weighted by Crippen LogP contribution is -2.13. The van der Waals surface area contributed by atoms with Gasteiger partial charge in [0.25, 0.3) is 5.91 Å². The van der Waals surface area contributed by atoms with Gasteiger partial charge >= 0.3 is 0 Å². The Hall–Kier alpha value is -3.00. The van der Waals surface area contributed by atoms with E-state index >= 15 is 0 Å². The van der Waals surface area contributed by atoms with Crippen molar-refractivity contribution in [3.8, 4) is 17.4 Å². The van der Waals surface area contributed by atoms with Crippen LogP contribution >= 0.6 is 23.2 Å². The minimum Gasteiger partial charge on any atom is -0.457 e. The highest BCUT2D eigenvalue weighted by atomic mass is 35.5. The summed E-state index contributed by atoms with van der Waals surface area (Å²) in [6.07, 6.45) is 4.68. The molecule has 0 bridgehead atoms. The van der Waals surface area contributed by atoms with Gasteiger partial charge in [0.2, 0.25) is 0 Å². The number of furan rings is 1. The molecule has 2 aromatic carbocycles. The number of benzene rings is 2. The summed E-state index contributed by atoms with van der Waals surface area (Å²) in [5.74, 6) is 0.448. The number of rotatable bonds is 7. The Balaban J connectivity index is 1.72. The van der Waals surface area contributed by atoms with Gasteiger partial charge in [-0.2, -0.15) is 5.26 Å². The van der Waals surface area contributed by atoms with Gasteiger partial charge in [0.1, 0.15) is 23.2 Å². The van der Waals surface area contributed by atoms with Gasteiger partial charge in [-0.25, -0.2) is 0 Å². The third-order valence-electron chi connectivity index (χ3n) is 4.51. The molecule has 0 saturated heterocycles. The molecular formula is C24H20Cl2N2O2. The van der Waals surface area contributed by atoms with Crippen molar-refractivity contribution < 1.29 is 9.21 Å². The van der Waals surface area contributed by atoms with Crippen molar-refractivity contribution in [3.63, 3.8) is 0 Å². The summed E-state index contributed by atoms with van der Waals surface area (Å²) < 4.78 is 5.74. The summed E-state index contributed by atoms with van der Waals surface area (Å²) >= 11 is 12.0. The topological polar surface area (TPSA) is 66.0 Å². The number of hydrogen-bond donors (Lipinski definition) is 1. The molecule has 0 aliphatic rings. The predicted molar refractivity (Wildman–Crippen MR) is 121 cm³/mol. The first-order chi connectivity index (χ1) is 14.5. The van der Waals surface area contributed by atoms with E-state index in [0.717, 1.165) is 24.8 Å². The molecule has 3 aromatic rings. The quantitative estimate of drug-likeness (QED) is 0.314. The Labute approximate surface area is 185 Å². The Morgan fingerprint density at radius 2 is 1.87 bits per heavy atom. The highest BCUT2D eigenvalue weighted by Crippen LogP contribution is 2.30. The SMILES string of the molecule is CCCCc1ccc(NC(=O)/C(C#N)=C/c2ccc(-c3ccc(Cl)c(Cl)c3)o2)cc1.